The Balaban J connectivity index is 0.000000125. The van der Waals surface area contributed by atoms with Gasteiger partial charge in [-0.3, -0.25) is 19.7 Å². The second-order valence-corrected chi connectivity index (χ2v) is 27.5. The molecule has 9 heterocycles. The van der Waals surface area contributed by atoms with Crippen LogP contribution in [0.15, 0.2) is 104 Å². The number of aromatic nitrogens is 9. The number of carbonyl (C=O) groups excluding carboxylic acids is 1. The number of nitrogens with zero attached hydrogens (tertiary/aromatic N) is 12. The average Bonchev–Trinajstić information content (AvgIpc) is 1.57. The smallest absolute Gasteiger partial charge is 0.324 e. The van der Waals surface area contributed by atoms with E-state index in [0.717, 1.165) is 135 Å². The Bertz CT molecular complexity index is 4660. The molecule has 528 valence electrons. The number of nitrogens with two attached hydrogens (primary N) is 2. The van der Waals surface area contributed by atoms with Gasteiger partial charge in [0.15, 0.2) is 0 Å². The van der Waals surface area contributed by atoms with Crippen LogP contribution in [0.1, 0.15) is 70.8 Å². The predicted molar refractivity (Wildman–Crippen MR) is 382 cm³/mol. The van der Waals surface area contributed by atoms with Crippen molar-refractivity contribution >= 4 is 40.4 Å². The maximum Gasteiger partial charge on any atom is 0.324 e. The summed E-state index contributed by atoms with van der Waals surface area (Å²) in [6.07, 6.45) is 12.0. The minimum absolute atomic E-state index is 0.0932. The average molecular weight is 1390 g/mol. The van der Waals surface area contributed by atoms with Gasteiger partial charge >= 0.3 is 18.0 Å². The minimum atomic E-state index is -0.971. The van der Waals surface area contributed by atoms with Crippen molar-refractivity contribution in [3.63, 3.8) is 0 Å². The highest BCUT2D eigenvalue weighted by Gasteiger charge is 2.57. The number of halogens is 2. The summed E-state index contributed by atoms with van der Waals surface area (Å²) in [5, 5.41) is 44.9. The monoisotopic (exact) mass is 1390 g/mol. The third-order valence-corrected chi connectivity index (χ3v) is 20.8. The number of hydrogen-bond acceptors (Lipinski definition) is 25. The van der Waals surface area contributed by atoms with E-state index in [-0.39, 0.29) is 71.1 Å². The van der Waals surface area contributed by atoms with E-state index in [0.29, 0.717) is 80.7 Å². The molecule has 2 saturated carbocycles. The summed E-state index contributed by atoms with van der Waals surface area (Å²) in [6, 6.07) is 22.9. The molecule has 2 spiro atoms. The van der Waals surface area contributed by atoms with Gasteiger partial charge in [-0.1, -0.05) is 12.1 Å². The Morgan fingerprint density at radius 1 is 0.598 bits per heavy atom. The number of β-amino-alcohol motifs (C(OH)–C–C–N with tert-alkyl or cyclic N) is 1. The van der Waals surface area contributed by atoms with Gasteiger partial charge in [0, 0.05) is 160 Å². The van der Waals surface area contributed by atoms with E-state index < -0.39 is 18.8 Å². The van der Waals surface area contributed by atoms with E-state index in [4.69, 9.17) is 55.6 Å². The van der Waals surface area contributed by atoms with Crippen molar-refractivity contribution < 1.29 is 43.1 Å². The van der Waals surface area contributed by atoms with Gasteiger partial charge in [0.05, 0.1) is 61.0 Å². The Morgan fingerprint density at radius 2 is 1.09 bits per heavy atom. The van der Waals surface area contributed by atoms with Gasteiger partial charge in [0.2, 0.25) is 5.91 Å². The van der Waals surface area contributed by atoms with Crippen LogP contribution in [0.5, 0.6) is 35.3 Å². The number of pyridine rings is 3. The SMILES string of the molecule is CNc1cc(F)cc2c1Cc1nc(Oc3ccc(C)nc3)nc(N3C[C@H](NC(=O)[C@@H](N)CO)C4(CC4)C3)c1-2.CNc1cc(F)cc2c1Cc1nc(Oc3ccc(C)nc3)nc(N3C[C@H](NCCO)C4(CC4)C3)c1-2.CNc1cccc2c1Cc1nc(Oc3cccnc3)nc(N3CC(N)C(O)C3)c1-2. The van der Waals surface area contributed by atoms with E-state index in [2.05, 4.69) is 63.5 Å². The fraction of sp³-hybridized carbons (Fsp3) is 0.378. The number of anilines is 6. The highest BCUT2D eigenvalue weighted by Crippen LogP contribution is 2.57. The van der Waals surface area contributed by atoms with Crippen LogP contribution in [0.2, 0.25) is 0 Å². The highest BCUT2D eigenvalue weighted by atomic mass is 19.1. The lowest BCUT2D eigenvalue weighted by molar-refractivity contribution is -0.124. The van der Waals surface area contributed by atoms with E-state index in [1.165, 1.54) is 23.8 Å². The van der Waals surface area contributed by atoms with Gasteiger partial charge in [-0.15, -0.1) is 0 Å². The van der Waals surface area contributed by atoms with Crippen molar-refractivity contribution in [3.05, 3.63) is 160 Å². The molecule has 8 aliphatic rings. The van der Waals surface area contributed by atoms with Crippen molar-refractivity contribution in [1.29, 1.82) is 0 Å². The van der Waals surface area contributed by atoms with Crippen LogP contribution in [0.25, 0.3) is 33.4 Å². The molecule has 3 aromatic carbocycles. The quantitative estimate of drug-likeness (QED) is 0.0406. The summed E-state index contributed by atoms with van der Waals surface area (Å²) in [4.78, 5) is 60.2. The lowest BCUT2D eigenvalue weighted by Gasteiger charge is -2.22. The van der Waals surface area contributed by atoms with Crippen molar-refractivity contribution in [2.75, 3.05) is 111 Å². The molecular formula is C74H81F2N19O7. The highest BCUT2D eigenvalue weighted by molar-refractivity contribution is 5.91. The Labute approximate surface area is 587 Å². The van der Waals surface area contributed by atoms with E-state index in [9.17, 15) is 28.9 Å². The third kappa shape index (κ3) is 13.1. The van der Waals surface area contributed by atoms with Crippen molar-refractivity contribution in [3.8, 4) is 68.7 Å². The zero-order valence-corrected chi connectivity index (χ0v) is 57.3. The number of ether oxygens (including phenoxy) is 3. The van der Waals surface area contributed by atoms with Gasteiger partial charge < -0.3 is 82.3 Å². The first-order valence-corrected chi connectivity index (χ1v) is 34.5. The summed E-state index contributed by atoms with van der Waals surface area (Å²) >= 11 is 0. The predicted octanol–water partition coefficient (Wildman–Crippen LogP) is 7.19. The molecule has 0 radical (unpaired) electrons. The van der Waals surface area contributed by atoms with Crippen molar-refractivity contribution in [2.45, 2.75) is 89.1 Å². The number of benzene rings is 3. The molecule has 0 bridgehead atoms. The Kier molecular flexibility index (Phi) is 18.2. The fourth-order valence-corrected chi connectivity index (χ4v) is 15.2. The molecule has 3 aliphatic heterocycles. The minimum Gasteiger partial charge on any atom is -0.423 e. The second-order valence-electron chi connectivity index (χ2n) is 27.5. The normalized spacial score (nSPS) is 19.3. The summed E-state index contributed by atoms with van der Waals surface area (Å²) in [6.45, 7) is 7.82. The van der Waals surface area contributed by atoms with Crippen LogP contribution in [0, 0.1) is 36.3 Å². The third-order valence-electron chi connectivity index (χ3n) is 20.8. The molecular weight excluding hydrogens is 1300 g/mol. The number of aliphatic hydroxyl groups excluding tert-OH is 3. The molecule has 9 aromatic rings. The van der Waals surface area contributed by atoms with E-state index in [1.807, 2.05) is 62.2 Å². The Morgan fingerprint density at radius 3 is 1.54 bits per heavy atom. The maximum absolute atomic E-state index is 14.7. The number of amides is 1. The lowest BCUT2D eigenvalue weighted by atomic mass is 10.0. The van der Waals surface area contributed by atoms with Crippen LogP contribution in [0.3, 0.4) is 0 Å². The second kappa shape index (κ2) is 27.5. The van der Waals surface area contributed by atoms with Crippen LogP contribution in [-0.4, -0.2) is 177 Å². The molecule has 5 atom stereocenters. The maximum atomic E-state index is 14.7. The molecule has 3 saturated heterocycles. The largest absolute Gasteiger partial charge is 0.423 e. The standard InChI is InChI=1S/C27H30FN7O3.C26H29FN6O2.C21H22N6O2/c1-14-3-4-16(10-31-14)38-26-32-21-9-17-18(7-15(28)8-20(17)30-2)23(21)24(34-26)35-11-22(27(13-35)5-6-27)33-25(37)19(29)12-36;1-15-3-4-17(12-30-15)35-25-31-21-11-18-19(9-16(27)10-20(18)28-2)23(21)24(32-25)33-13-22(29-7-8-34)26(14-33)5-6-26;1-23-16-6-2-5-13-14(16)8-17-19(13)20(27-10-15(22)18(28)11-27)26-21(25-17)29-12-4-3-7-24-9-12/h3-4,7-8,10,19,22,30,36H,5-6,9,11-13,29H2,1-2H3,(H,33,37);3-4,9-10,12,22,28-29,34H,5-8,11,13-14H2,1-2H3;2-7,9,15,18,23,28H,8,10-11,22H2,1H3/t19-,22-;22-;/m00./s1. The fourth-order valence-electron chi connectivity index (χ4n) is 15.2. The van der Waals surface area contributed by atoms with Crippen molar-refractivity contribution in [1.82, 2.24) is 55.5 Å². The number of fused-ring (bicyclic) bond motifs is 9. The molecule has 5 aliphatic carbocycles. The molecule has 1 amide bonds. The summed E-state index contributed by atoms with van der Waals surface area (Å²) < 4.78 is 47.2. The van der Waals surface area contributed by atoms with Crippen LogP contribution < -0.4 is 67.0 Å². The molecule has 17 rings (SSSR count). The van der Waals surface area contributed by atoms with E-state index in [1.54, 1.807) is 51.0 Å². The number of nitrogens with one attached hydrogen (secondary N) is 5. The zero-order valence-electron chi connectivity index (χ0n) is 57.3. The molecule has 5 fully saturated rings. The first kappa shape index (κ1) is 67.5. The van der Waals surface area contributed by atoms with Gasteiger partial charge in [-0.25, -0.2) is 8.78 Å². The summed E-state index contributed by atoms with van der Waals surface area (Å²) in [7, 11) is 5.49. The molecule has 6 aromatic heterocycles. The van der Waals surface area contributed by atoms with Crippen LogP contribution >= 0.6 is 0 Å². The van der Waals surface area contributed by atoms with Crippen molar-refractivity contribution in [2.24, 2.45) is 22.3 Å². The topological polar surface area (TPSA) is 343 Å². The number of rotatable bonds is 18. The van der Waals surface area contributed by atoms with Gasteiger partial charge in [0.1, 0.15) is 52.4 Å². The summed E-state index contributed by atoms with van der Waals surface area (Å²) in [5.74, 6) is 2.81. The lowest BCUT2D eigenvalue weighted by Crippen LogP contribution is -2.50. The van der Waals surface area contributed by atoms with Crippen LogP contribution in [0.4, 0.5) is 43.3 Å². The Hall–Kier alpha value is -10.4. The molecule has 2 unspecified atom stereocenters. The number of aliphatic hydroxyl groups is 3. The first-order valence-electron chi connectivity index (χ1n) is 34.5. The zero-order chi connectivity index (χ0) is 70.7. The van der Waals surface area contributed by atoms with Gasteiger partial charge in [0.25, 0.3) is 0 Å². The first-order chi connectivity index (χ1) is 49.4. The summed E-state index contributed by atoms with van der Waals surface area (Å²) in [5.41, 5.74) is 27.2. The molecule has 12 N–H and O–H groups in total. The van der Waals surface area contributed by atoms with Crippen LogP contribution in [-0.2, 0) is 24.1 Å². The number of hydrogen-bond donors (Lipinski definition) is 10. The van der Waals surface area contributed by atoms with Gasteiger partial charge in [-0.05, 0) is 140 Å². The molecule has 28 heteroatoms. The number of carbonyl (C=O) groups is 1. The van der Waals surface area contributed by atoms with Gasteiger partial charge in [-0.2, -0.15) is 29.9 Å². The number of aryl methyl sites for hydroxylation is 2. The molecule has 102 heavy (non-hydrogen) atoms. The molecule has 26 nitrogen and oxygen atoms in total. The van der Waals surface area contributed by atoms with E-state index >= 15 is 0 Å².